The molecule has 0 spiro atoms. The van der Waals surface area contributed by atoms with Gasteiger partial charge in [-0.1, -0.05) is 12.8 Å². The Kier molecular flexibility index (Phi) is 2.66. The minimum absolute atomic E-state index is 0.169. The fraction of sp³-hybridized carbons (Fsp3) is 1.00. The van der Waals surface area contributed by atoms with Crippen molar-refractivity contribution in [2.45, 2.75) is 44.1 Å². The topological polar surface area (TPSA) is 26.0 Å². The van der Waals surface area contributed by atoms with Crippen molar-refractivity contribution in [3.05, 3.63) is 0 Å². The van der Waals surface area contributed by atoms with E-state index in [0.717, 1.165) is 25.7 Å². The summed E-state index contributed by atoms with van der Waals surface area (Å²) in [5, 5.41) is 0. The summed E-state index contributed by atoms with van der Waals surface area (Å²) in [6.07, 6.45) is 6.31. The number of alkyl halides is 1. The van der Waals surface area contributed by atoms with Gasteiger partial charge in [-0.15, -0.1) is 0 Å². The van der Waals surface area contributed by atoms with E-state index in [1.807, 2.05) is 0 Å². The summed E-state index contributed by atoms with van der Waals surface area (Å²) in [6.45, 7) is -0.169. The number of hydrogen-bond acceptors (Lipinski definition) is 1. The molecular formula is C8H16FN. The zero-order valence-electron chi connectivity index (χ0n) is 6.41. The lowest BCUT2D eigenvalue weighted by Crippen LogP contribution is -2.20. The Hall–Kier alpha value is -0.110. The number of hydrogen-bond donors (Lipinski definition) is 1. The first-order valence-electron chi connectivity index (χ1n) is 4.12. The fourth-order valence-corrected chi connectivity index (χ4v) is 1.16. The second-order valence-electron chi connectivity index (χ2n) is 3.36. The average Bonchev–Trinajstić information content (AvgIpc) is 2.62. The summed E-state index contributed by atoms with van der Waals surface area (Å²) < 4.78 is 11.6. The van der Waals surface area contributed by atoms with Crippen LogP contribution in [-0.2, 0) is 0 Å². The highest BCUT2D eigenvalue weighted by Crippen LogP contribution is 2.36. The number of halogens is 1. The molecule has 0 atom stereocenters. The van der Waals surface area contributed by atoms with Crippen LogP contribution in [0.15, 0.2) is 0 Å². The first-order valence-corrected chi connectivity index (χ1v) is 4.12. The monoisotopic (exact) mass is 145 g/mol. The predicted molar refractivity (Wildman–Crippen MR) is 40.6 cm³/mol. The Morgan fingerprint density at radius 3 is 2.40 bits per heavy atom. The van der Waals surface area contributed by atoms with Gasteiger partial charge in [0, 0.05) is 5.54 Å². The van der Waals surface area contributed by atoms with Crippen LogP contribution in [0.25, 0.3) is 0 Å². The highest BCUT2D eigenvalue weighted by molar-refractivity contribution is 4.97. The van der Waals surface area contributed by atoms with E-state index < -0.39 is 0 Å². The van der Waals surface area contributed by atoms with Gasteiger partial charge in [0.15, 0.2) is 0 Å². The third-order valence-electron chi connectivity index (χ3n) is 2.20. The molecule has 2 N–H and O–H groups in total. The van der Waals surface area contributed by atoms with Crippen molar-refractivity contribution in [1.29, 1.82) is 0 Å². The predicted octanol–water partition coefficient (Wildman–Crippen LogP) is 2.01. The molecule has 0 amide bonds. The maximum absolute atomic E-state index is 11.6. The second kappa shape index (κ2) is 3.33. The zero-order chi connectivity index (χ0) is 7.45. The van der Waals surface area contributed by atoms with Crippen molar-refractivity contribution in [2.24, 2.45) is 5.73 Å². The molecule has 1 aliphatic carbocycles. The first-order chi connectivity index (χ1) is 4.77. The van der Waals surface area contributed by atoms with Gasteiger partial charge in [0.1, 0.15) is 0 Å². The van der Waals surface area contributed by atoms with Gasteiger partial charge >= 0.3 is 0 Å². The smallest absolute Gasteiger partial charge is 0.0894 e. The zero-order valence-corrected chi connectivity index (χ0v) is 6.41. The molecule has 60 valence electrons. The quantitative estimate of drug-likeness (QED) is 0.588. The van der Waals surface area contributed by atoms with E-state index in [1.54, 1.807) is 0 Å². The average molecular weight is 145 g/mol. The molecule has 0 aromatic carbocycles. The molecule has 0 aromatic rings. The molecule has 1 rings (SSSR count). The molecule has 0 bridgehead atoms. The van der Waals surface area contributed by atoms with Gasteiger partial charge in [0.05, 0.1) is 6.67 Å². The lowest BCUT2D eigenvalue weighted by molar-refractivity contribution is 0.443. The van der Waals surface area contributed by atoms with Crippen LogP contribution in [0.1, 0.15) is 38.5 Å². The Labute approximate surface area is 61.8 Å². The Morgan fingerprint density at radius 2 is 1.90 bits per heavy atom. The molecule has 0 aliphatic heterocycles. The van der Waals surface area contributed by atoms with Crippen LogP contribution in [0.2, 0.25) is 0 Å². The minimum Gasteiger partial charge on any atom is -0.325 e. The number of rotatable bonds is 5. The van der Waals surface area contributed by atoms with Gasteiger partial charge in [0.25, 0.3) is 0 Å². The SMILES string of the molecule is NC1(CCCCCF)CC1. The molecule has 0 radical (unpaired) electrons. The highest BCUT2D eigenvalue weighted by Gasteiger charge is 2.36. The standard InChI is InChI=1S/C8H16FN/c9-7-3-1-2-4-8(10)5-6-8/h1-7,10H2. The highest BCUT2D eigenvalue weighted by atomic mass is 19.1. The lowest BCUT2D eigenvalue weighted by Gasteiger charge is -2.05. The van der Waals surface area contributed by atoms with Gasteiger partial charge in [-0.2, -0.15) is 0 Å². The second-order valence-corrected chi connectivity index (χ2v) is 3.36. The summed E-state index contributed by atoms with van der Waals surface area (Å²) in [5.74, 6) is 0. The third-order valence-corrected chi connectivity index (χ3v) is 2.20. The summed E-state index contributed by atoms with van der Waals surface area (Å²) in [6, 6.07) is 0. The number of nitrogens with two attached hydrogens (primary N) is 1. The van der Waals surface area contributed by atoms with E-state index in [0.29, 0.717) is 0 Å². The normalized spacial score (nSPS) is 21.0. The summed E-state index contributed by atoms with van der Waals surface area (Å²) in [4.78, 5) is 0. The van der Waals surface area contributed by atoms with E-state index in [4.69, 9.17) is 5.73 Å². The van der Waals surface area contributed by atoms with Crippen LogP contribution in [0.5, 0.6) is 0 Å². The van der Waals surface area contributed by atoms with E-state index in [2.05, 4.69) is 0 Å². The Morgan fingerprint density at radius 1 is 1.20 bits per heavy atom. The molecule has 2 heteroatoms. The molecule has 10 heavy (non-hydrogen) atoms. The summed E-state index contributed by atoms with van der Waals surface area (Å²) in [7, 11) is 0. The van der Waals surface area contributed by atoms with Crippen LogP contribution in [0, 0.1) is 0 Å². The Balaban J connectivity index is 1.86. The van der Waals surface area contributed by atoms with Crippen LogP contribution < -0.4 is 5.73 Å². The number of unbranched alkanes of at least 4 members (excludes halogenated alkanes) is 2. The minimum atomic E-state index is -0.169. The van der Waals surface area contributed by atoms with E-state index >= 15 is 0 Å². The molecule has 0 aromatic heterocycles. The lowest BCUT2D eigenvalue weighted by atomic mass is 10.1. The van der Waals surface area contributed by atoms with Gasteiger partial charge in [-0.25, -0.2) is 0 Å². The molecule has 1 saturated carbocycles. The van der Waals surface area contributed by atoms with Crippen molar-refractivity contribution < 1.29 is 4.39 Å². The fourth-order valence-electron chi connectivity index (χ4n) is 1.16. The van der Waals surface area contributed by atoms with E-state index in [1.165, 1.54) is 12.8 Å². The summed E-state index contributed by atoms with van der Waals surface area (Å²) in [5.41, 5.74) is 6.01. The van der Waals surface area contributed by atoms with E-state index in [-0.39, 0.29) is 12.2 Å². The first kappa shape index (κ1) is 7.99. The van der Waals surface area contributed by atoms with Gasteiger partial charge in [-0.05, 0) is 25.7 Å². The molecule has 1 nitrogen and oxygen atoms in total. The van der Waals surface area contributed by atoms with Gasteiger partial charge in [0.2, 0.25) is 0 Å². The molecule has 1 fully saturated rings. The van der Waals surface area contributed by atoms with Crippen molar-refractivity contribution in [3.8, 4) is 0 Å². The van der Waals surface area contributed by atoms with Crippen LogP contribution >= 0.6 is 0 Å². The van der Waals surface area contributed by atoms with Gasteiger partial charge in [-0.3, -0.25) is 4.39 Å². The molecule has 0 heterocycles. The van der Waals surface area contributed by atoms with Crippen molar-refractivity contribution in [2.75, 3.05) is 6.67 Å². The summed E-state index contributed by atoms with van der Waals surface area (Å²) >= 11 is 0. The van der Waals surface area contributed by atoms with Crippen molar-refractivity contribution in [3.63, 3.8) is 0 Å². The molecule has 1 aliphatic rings. The van der Waals surface area contributed by atoms with Crippen molar-refractivity contribution >= 4 is 0 Å². The van der Waals surface area contributed by atoms with Gasteiger partial charge < -0.3 is 5.73 Å². The van der Waals surface area contributed by atoms with Crippen LogP contribution in [0.3, 0.4) is 0 Å². The maximum Gasteiger partial charge on any atom is 0.0894 e. The van der Waals surface area contributed by atoms with E-state index in [9.17, 15) is 4.39 Å². The molecular weight excluding hydrogens is 129 g/mol. The van der Waals surface area contributed by atoms with Crippen LogP contribution in [0.4, 0.5) is 4.39 Å². The molecule has 0 unspecified atom stereocenters. The molecule has 0 saturated heterocycles. The largest absolute Gasteiger partial charge is 0.325 e. The Bertz CT molecular complexity index is 99.4. The van der Waals surface area contributed by atoms with Crippen molar-refractivity contribution in [1.82, 2.24) is 0 Å². The maximum atomic E-state index is 11.6. The van der Waals surface area contributed by atoms with Crippen LogP contribution in [-0.4, -0.2) is 12.2 Å². The third kappa shape index (κ3) is 2.65.